The summed E-state index contributed by atoms with van der Waals surface area (Å²) >= 11 is 2.93. The van der Waals surface area contributed by atoms with E-state index < -0.39 is 28.6 Å². The van der Waals surface area contributed by atoms with Crippen LogP contribution in [0.5, 0.6) is 5.75 Å². The van der Waals surface area contributed by atoms with Crippen LogP contribution in [-0.2, 0) is 5.33 Å². The molecule has 1 heterocycles. The van der Waals surface area contributed by atoms with E-state index in [0.717, 1.165) is 6.07 Å². The van der Waals surface area contributed by atoms with E-state index in [1.165, 1.54) is 0 Å². The molecule has 0 aromatic carbocycles. The van der Waals surface area contributed by atoms with Crippen LogP contribution in [0.2, 0.25) is 0 Å². The first-order valence-electron chi connectivity index (χ1n) is 3.68. The Balaban J connectivity index is 3.37. The van der Waals surface area contributed by atoms with Crippen molar-refractivity contribution in [3.8, 4) is 5.75 Å². The Hall–Kier alpha value is -1.31. The number of aromatic nitrogens is 1. The molecule has 1 N–H and O–H groups in total. The maximum Gasteiger partial charge on any atom is 0.368 e. The van der Waals surface area contributed by atoms with Crippen molar-refractivity contribution in [2.45, 2.75) is 11.8 Å². The highest BCUT2D eigenvalue weighted by Gasteiger charge is 2.26. The molecule has 0 atom stereocenters. The van der Waals surface area contributed by atoms with Gasteiger partial charge in [0, 0.05) is 5.33 Å². The molecule has 0 saturated heterocycles. The predicted octanol–water partition coefficient (Wildman–Crippen LogP) is 2.53. The molecule has 0 amide bonds. The van der Waals surface area contributed by atoms with Crippen molar-refractivity contribution in [2.24, 2.45) is 0 Å². The van der Waals surface area contributed by atoms with Gasteiger partial charge in [-0.25, -0.2) is 8.78 Å². The van der Waals surface area contributed by atoms with Crippen molar-refractivity contribution >= 4 is 21.7 Å². The van der Waals surface area contributed by atoms with Crippen LogP contribution in [0.15, 0.2) is 6.07 Å². The number of aromatic hydroxyl groups is 1. The highest BCUT2D eigenvalue weighted by molar-refractivity contribution is 9.08. The average molecular weight is 283 g/mol. The molecule has 0 unspecified atom stereocenters. The number of rotatable bonds is 3. The van der Waals surface area contributed by atoms with Gasteiger partial charge in [0.05, 0.1) is 5.56 Å². The van der Waals surface area contributed by atoms with Crippen molar-refractivity contribution < 1.29 is 18.8 Å². The normalized spacial score (nSPS) is 10.7. The molecule has 0 bridgehead atoms. The Morgan fingerprint density at radius 3 is 2.67 bits per heavy atom. The van der Waals surface area contributed by atoms with E-state index in [2.05, 4.69) is 20.9 Å². The largest absolute Gasteiger partial charge is 0.504 e. The molecule has 5 nitrogen and oxygen atoms in total. The molecule has 15 heavy (non-hydrogen) atoms. The number of hydrogen-bond donors (Lipinski definition) is 1. The Morgan fingerprint density at radius 1 is 1.67 bits per heavy atom. The van der Waals surface area contributed by atoms with Crippen LogP contribution in [0.1, 0.15) is 17.7 Å². The Morgan fingerprint density at radius 2 is 2.27 bits per heavy atom. The SMILES string of the molecule is O=[N+]([O-])c1nc(C(F)F)c(O)cc1CBr. The van der Waals surface area contributed by atoms with Crippen LogP contribution >= 0.6 is 15.9 Å². The van der Waals surface area contributed by atoms with E-state index in [0.29, 0.717) is 0 Å². The summed E-state index contributed by atoms with van der Waals surface area (Å²) < 4.78 is 24.5. The first-order chi connectivity index (χ1) is 6.97. The molecular weight excluding hydrogens is 278 g/mol. The molecule has 0 fully saturated rings. The topological polar surface area (TPSA) is 76.3 Å². The molecule has 0 radical (unpaired) electrons. The maximum atomic E-state index is 12.3. The van der Waals surface area contributed by atoms with Gasteiger partial charge < -0.3 is 15.2 Å². The van der Waals surface area contributed by atoms with Crippen molar-refractivity contribution in [3.63, 3.8) is 0 Å². The molecular formula is C7H5BrF2N2O3. The third-order valence-corrected chi connectivity index (χ3v) is 2.21. The highest BCUT2D eigenvalue weighted by Crippen LogP contribution is 2.31. The van der Waals surface area contributed by atoms with Gasteiger partial charge in [0.15, 0.2) is 5.75 Å². The van der Waals surface area contributed by atoms with Crippen LogP contribution in [0, 0.1) is 10.1 Å². The lowest BCUT2D eigenvalue weighted by atomic mass is 10.2. The molecule has 0 spiro atoms. The number of nitrogens with zero attached hydrogens (tertiary/aromatic N) is 2. The number of alkyl halides is 3. The summed E-state index contributed by atoms with van der Waals surface area (Å²) in [6, 6.07) is 0.904. The van der Waals surface area contributed by atoms with Crippen molar-refractivity contribution in [3.05, 3.63) is 27.4 Å². The number of halogens is 3. The Labute approximate surface area is 91.0 Å². The lowest BCUT2D eigenvalue weighted by Crippen LogP contribution is -2.01. The number of nitro groups is 1. The Bertz CT molecular complexity index is 400. The van der Waals surface area contributed by atoms with Gasteiger partial charge in [-0.05, 0) is 16.0 Å². The second-order valence-electron chi connectivity index (χ2n) is 2.57. The van der Waals surface area contributed by atoms with Crippen LogP contribution in [0.25, 0.3) is 0 Å². The van der Waals surface area contributed by atoms with Gasteiger partial charge in [-0.1, -0.05) is 15.9 Å². The third kappa shape index (κ3) is 2.38. The van der Waals surface area contributed by atoms with Crippen molar-refractivity contribution in [2.75, 3.05) is 0 Å². The van der Waals surface area contributed by atoms with Gasteiger partial charge >= 0.3 is 12.2 Å². The van der Waals surface area contributed by atoms with Gasteiger partial charge in [0.2, 0.25) is 0 Å². The van der Waals surface area contributed by atoms with E-state index in [1.54, 1.807) is 0 Å². The van der Waals surface area contributed by atoms with E-state index in [1.807, 2.05) is 0 Å². The van der Waals surface area contributed by atoms with Crippen LogP contribution in [-0.4, -0.2) is 15.0 Å². The summed E-state index contributed by atoms with van der Waals surface area (Å²) in [4.78, 5) is 12.7. The second kappa shape index (κ2) is 4.47. The molecule has 1 rings (SSSR count). The number of hydrogen-bond acceptors (Lipinski definition) is 4. The summed E-state index contributed by atoms with van der Waals surface area (Å²) in [7, 11) is 0. The molecule has 82 valence electrons. The second-order valence-corrected chi connectivity index (χ2v) is 3.13. The predicted molar refractivity (Wildman–Crippen MR) is 50.1 cm³/mol. The fraction of sp³-hybridized carbons (Fsp3) is 0.286. The van der Waals surface area contributed by atoms with Crippen LogP contribution < -0.4 is 0 Å². The van der Waals surface area contributed by atoms with Crippen molar-refractivity contribution in [1.82, 2.24) is 4.98 Å². The molecule has 0 saturated carbocycles. The standard InChI is InChI=1S/C7H5BrF2N2O3/c8-2-3-1-4(13)5(6(9)10)11-7(3)12(14)15/h1,6,13H,2H2. The zero-order valence-corrected chi connectivity index (χ0v) is 8.74. The monoisotopic (exact) mass is 282 g/mol. The first kappa shape index (κ1) is 11.8. The minimum Gasteiger partial charge on any atom is -0.504 e. The summed E-state index contributed by atoms with van der Waals surface area (Å²) in [5.74, 6) is -1.43. The first-order valence-corrected chi connectivity index (χ1v) is 4.80. The molecule has 1 aromatic rings. The molecule has 0 aliphatic rings. The molecule has 1 aromatic heterocycles. The van der Waals surface area contributed by atoms with Gasteiger partial charge in [0.25, 0.3) is 5.69 Å². The average Bonchev–Trinajstić information content (AvgIpc) is 2.16. The van der Waals surface area contributed by atoms with E-state index in [-0.39, 0.29) is 10.9 Å². The lowest BCUT2D eigenvalue weighted by Gasteiger charge is -2.02. The molecule has 0 aliphatic carbocycles. The van der Waals surface area contributed by atoms with Gasteiger partial charge in [-0.3, -0.25) is 0 Å². The smallest absolute Gasteiger partial charge is 0.368 e. The number of pyridine rings is 1. The summed E-state index contributed by atoms with van der Waals surface area (Å²) in [5.41, 5.74) is -0.937. The minimum absolute atomic E-state index is 0.0434. The van der Waals surface area contributed by atoms with Gasteiger partial charge in [-0.2, -0.15) is 0 Å². The van der Waals surface area contributed by atoms with E-state index in [4.69, 9.17) is 5.11 Å². The zero-order valence-electron chi connectivity index (χ0n) is 7.15. The van der Waals surface area contributed by atoms with Gasteiger partial charge in [0.1, 0.15) is 0 Å². The lowest BCUT2D eigenvalue weighted by molar-refractivity contribution is -0.390. The minimum atomic E-state index is -3.05. The van der Waals surface area contributed by atoms with E-state index in [9.17, 15) is 18.9 Å². The maximum absolute atomic E-state index is 12.3. The Kier molecular flexibility index (Phi) is 3.51. The third-order valence-electron chi connectivity index (χ3n) is 1.61. The summed E-state index contributed by atoms with van der Waals surface area (Å²) in [6.07, 6.45) is -3.05. The highest BCUT2D eigenvalue weighted by atomic mass is 79.9. The van der Waals surface area contributed by atoms with E-state index >= 15 is 0 Å². The van der Waals surface area contributed by atoms with Gasteiger partial charge in [-0.15, -0.1) is 0 Å². The van der Waals surface area contributed by atoms with Crippen molar-refractivity contribution in [1.29, 1.82) is 0 Å². The fourth-order valence-electron chi connectivity index (χ4n) is 0.964. The summed E-state index contributed by atoms with van der Waals surface area (Å²) in [6.45, 7) is 0. The van der Waals surface area contributed by atoms with Crippen LogP contribution in [0.3, 0.4) is 0 Å². The zero-order chi connectivity index (χ0) is 11.6. The fourth-order valence-corrected chi connectivity index (χ4v) is 1.38. The van der Waals surface area contributed by atoms with Crippen LogP contribution in [0.4, 0.5) is 14.6 Å². The molecule has 0 aliphatic heterocycles. The quantitative estimate of drug-likeness (QED) is 0.525. The molecule has 8 heteroatoms. The summed E-state index contributed by atoms with van der Waals surface area (Å²) in [5, 5.41) is 19.6.